The molecule has 0 saturated heterocycles. The number of hydrogen-bond acceptors (Lipinski definition) is 7. The number of rotatable bonds is 18. The number of unbranched alkanes of at least 4 members (excludes halogenated alkanes) is 1. The second-order valence-corrected chi connectivity index (χ2v) is 10.6. The van der Waals surface area contributed by atoms with Crippen molar-refractivity contribution in [2.75, 3.05) is 6.54 Å². The van der Waals surface area contributed by atoms with Gasteiger partial charge in [0, 0.05) is 36.4 Å². The number of carbonyl (C=O) groups is 5. The zero-order valence-electron chi connectivity index (χ0n) is 24.3. The molecular formula is C31H40N6O7. The Bertz CT molecular complexity index is 1430. The molecule has 2 aromatic carbocycles. The Morgan fingerprint density at radius 2 is 1.36 bits per heavy atom. The molecular weight excluding hydrogens is 568 g/mol. The summed E-state index contributed by atoms with van der Waals surface area (Å²) in [6.45, 7) is 0.383. The zero-order valence-corrected chi connectivity index (χ0v) is 24.3. The van der Waals surface area contributed by atoms with Crippen LogP contribution in [0.5, 0.6) is 0 Å². The van der Waals surface area contributed by atoms with E-state index >= 15 is 0 Å². The van der Waals surface area contributed by atoms with Crippen molar-refractivity contribution in [1.82, 2.24) is 20.9 Å². The lowest BCUT2D eigenvalue weighted by Crippen LogP contribution is -2.58. The van der Waals surface area contributed by atoms with Crippen LogP contribution in [0, 0.1) is 0 Å². The van der Waals surface area contributed by atoms with Crippen LogP contribution in [-0.4, -0.2) is 75.6 Å². The third kappa shape index (κ3) is 10.2. The van der Waals surface area contributed by atoms with Crippen LogP contribution in [0.4, 0.5) is 0 Å². The molecule has 3 rings (SSSR count). The highest BCUT2D eigenvalue weighted by molar-refractivity contribution is 5.95. The maximum Gasteiger partial charge on any atom is 0.326 e. The van der Waals surface area contributed by atoms with Crippen LogP contribution in [-0.2, 0) is 36.8 Å². The first-order valence-corrected chi connectivity index (χ1v) is 14.5. The highest BCUT2D eigenvalue weighted by atomic mass is 16.4. The number of nitrogens with two attached hydrogens (primary N) is 2. The number of carbonyl (C=O) groups excluding carboxylic acids is 3. The van der Waals surface area contributed by atoms with Gasteiger partial charge >= 0.3 is 11.9 Å². The Morgan fingerprint density at radius 3 is 2.02 bits per heavy atom. The number of aliphatic carboxylic acids is 2. The Hall–Kier alpha value is -4.75. The number of nitrogens with one attached hydrogen (secondary N) is 4. The van der Waals surface area contributed by atoms with Gasteiger partial charge in [-0.3, -0.25) is 19.2 Å². The van der Waals surface area contributed by atoms with Gasteiger partial charge in [-0.25, -0.2) is 4.79 Å². The van der Waals surface area contributed by atoms with E-state index in [9.17, 15) is 29.1 Å². The monoisotopic (exact) mass is 608 g/mol. The quantitative estimate of drug-likeness (QED) is 0.0954. The number of fused-ring (bicyclic) bond motifs is 1. The van der Waals surface area contributed by atoms with Crippen LogP contribution < -0.4 is 27.4 Å². The fourth-order valence-corrected chi connectivity index (χ4v) is 4.77. The number of amides is 3. The fraction of sp³-hybridized carbons (Fsp3) is 0.387. The molecule has 0 aliphatic heterocycles. The summed E-state index contributed by atoms with van der Waals surface area (Å²) in [6, 6.07) is 11.6. The lowest BCUT2D eigenvalue weighted by molar-refractivity contribution is -0.142. The van der Waals surface area contributed by atoms with Crippen LogP contribution in [0.25, 0.3) is 10.9 Å². The van der Waals surface area contributed by atoms with Crippen molar-refractivity contribution in [3.63, 3.8) is 0 Å². The molecule has 0 spiro atoms. The summed E-state index contributed by atoms with van der Waals surface area (Å²) in [6.07, 6.45) is 2.58. The molecule has 0 bridgehead atoms. The molecule has 0 radical (unpaired) electrons. The third-order valence-corrected chi connectivity index (χ3v) is 7.22. The van der Waals surface area contributed by atoms with Crippen LogP contribution in [0.3, 0.4) is 0 Å². The number of carboxylic acid groups (broad SMARTS) is 2. The average Bonchev–Trinajstić information content (AvgIpc) is 3.41. The van der Waals surface area contributed by atoms with E-state index in [1.807, 2.05) is 24.3 Å². The van der Waals surface area contributed by atoms with E-state index in [0.29, 0.717) is 19.4 Å². The van der Waals surface area contributed by atoms with Gasteiger partial charge in [0.05, 0.1) is 6.04 Å². The minimum Gasteiger partial charge on any atom is -0.481 e. The molecule has 13 heteroatoms. The molecule has 0 saturated carbocycles. The number of aromatic amines is 1. The fourth-order valence-electron chi connectivity index (χ4n) is 4.77. The molecule has 0 fully saturated rings. The minimum atomic E-state index is -1.21. The summed E-state index contributed by atoms with van der Waals surface area (Å²) in [7, 11) is 0. The summed E-state index contributed by atoms with van der Waals surface area (Å²) in [5.74, 6) is -4.43. The van der Waals surface area contributed by atoms with Crippen LogP contribution in [0.1, 0.15) is 43.2 Å². The number of benzene rings is 2. The molecule has 3 aromatic rings. The molecule has 1 aromatic heterocycles. The van der Waals surface area contributed by atoms with Gasteiger partial charge in [0.2, 0.25) is 17.7 Å². The summed E-state index contributed by atoms with van der Waals surface area (Å²) >= 11 is 0. The van der Waals surface area contributed by atoms with Crippen LogP contribution in [0.15, 0.2) is 60.8 Å². The standard InChI is InChI=1S/C31H40N6O7/c32-15-7-6-12-24(31(43)44)35-30(42)26(17-20-18-34-23-11-5-4-10-21(20)23)37-29(41)25(16-19-8-2-1-3-9-19)36-28(40)22(33)13-14-27(38)39/h1-5,8-11,18,22,24-26,34H,6-7,12-17,32-33H2,(H,35,42)(H,36,40)(H,37,41)(H,38,39)(H,43,44). The maximum absolute atomic E-state index is 13.7. The van der Waals surface area contributed by atoms with E-state index in [1.165, 1.54) is 0 Å². The van der Waals surface area contributed by atoms with Crippen molar-refractivity contribution in [2.24, 2.45) is 11.5 Å². The molecule has 3 amide bonds. The smallest absolute Gasteiger partial charge is 0.326 e. The molecule has 0 aliphatic carbocycles. The van der Waals surface area contributed by atoms with E-state index in [-0.39, 0.29) is 32.1 Å². The first-order chi connectivity index (χ1) is 21.1. The van der Waals surface area contributed by atoms with Crippen molar-refractivity contribution >= 4 is 40.6 Å². The summed E-state index contributed by atoms with van der Waals surface area (Å²) in [4.78, 5) is 66.2. The predicted octanol–water partition coefficient (Wildman–Crippen LogP) is 0.813. The highest BCUT2D eigenvalue weighted by Gasteiger charge is 2.31. The Kier molecular flexibility index (Phi) is 12.9. The van der Waals surface area contributed by atoms with E-state index in [0.717, 1.165) is 22.0 Å². The van der Waals surface area contributed by atoms with E-state index in [4.69, 9.17) is 16.6 Å². The number of hydrogen-bond donors (Lipinski definition) is 8. The Labute approximate surface area is 254 Å². The van der Waals surface area contributed by atoms with Gasteiger partial charge in [0.1, 0.15) is 18.1 Å². The molecule has 0 aliphatic rings. The molecule has 236 valence electrons. The van der Waals surface area contributed by atoms with Gasteiger partial charge in [-0.2, -0.15) is 0 Å². The summed E-state index contributed by atoms with van der Waals surface area (Å²) in [5.41, 5.74) is 13.7. The van der Waals surface area contributed by atoms with E-state index in [2.05, 4.69) is 20.9 Å². The maximum atomic E-state index is 13.7. The molecule has 44 heavy (non-hydrogen) atoms. The first kappa shape index (κ1) is 33.7. The lowest BCUT2D eigenvalue weighted by Gasteiger charge is -2.25. The number of carboxylic acids is 2. The van der Waals surface area contributed by atoms with Gasteiger partial charge in [-0.1, -0.05) is 48.5 Å². The van der Waals surface area contributed by atoms with Crippen molar-refractivity contribution in [1.29, 1.82) is 0 Å². The summed E-state index contributed by atoms with van der Waals surface area (Å²) in [5, 5.41) is 27.4. The second-order valence-electron chi connectivity index (χ2n) is 10.6. The number of H-pyrrole nitrogens is 1. The van der Waals surface area contributed by atoms with Gasteiger partial charge in [-0.15, -0.1) is 0 Å². The van der Waals surface area contributed by atoms with Crippen molar-refractivity contribution in [3.8, 4) is 0 Å². The van der Waals surface area contributed by atoms with E-state index in [1.54, 1.807) is 36.5 Å². The van der Waals surface area contributed by atoms with Gasteiger partial charge in [0.15, 0.2) is 0 Å². The zero-order chi connectivity index (χ0) is 32.1. The summed E-state index contributed by atoms with van der Waals surface area (Å²) < 4.78 is 0. The first-order valence-electron chi connectivity index (χ1n) is 14.5. The SMILES string of the molecule is NCCCCC(NC(=O)C(Cc1c[nH]c2ccccc12)NC(=O)C(Cc1ccccc1)NC(=O)C(N)CCC(=O)O)C(=O)O. The number of aromatic nitrogens is 1. The molecule has 10 N–H and O–H groups in total. The van der Waals surface area contributed by atoms with Gasteiger partial charge < -0.3 is 42.6 Å². The van der Waals surface area contributed by atoms with Crippen LogP contribution >= 0.6 is 0 Å². The Balaban J connectivity index is 1.87. The van der Waals surface area contributed by atoms with E-state index < -0.39 is 53.8 Å². The normalized spacial score (nSPS) is 13.8. The molecule has 4 atom stereocenters. The molecule has 13 nitrogen and oxygen atoms in total. The Morgan fingerprint density at radius 1 is 0.750 bits per heavy atom. The van der Waals surface area contributed by atoms with Crippen molar-refractivity contribution < 1.29 is 34.2 Å². The molecule has 4 unspecified atom stereocenters. The minimum absolute atomic E-state index is 0.0286. The highest BCUT2D eigenvalue weighted by Crippen LogP contribution is 2.19. The van der Waals surface area contributed by atoms with Crippen molar-refractivity contribution in [2.45, 2.75) is 69.1 Å². The topological polar surface area (TPSA) is 230 Å². The van der Waals surface area contributed by atoms with Crippen molar-refractivity contribution in [3.05, 3.63) is 71.9 Å². The predicted molar refractivity (Wildman–Crippen MR) is 163 cm³/mol. The second kappa shape index (κ2) is 16.8. The van der Waals surface area contributed by atoms with Gasteiger partial charge in [-0.05, 0) is 49.4 Å². The largest absolute Gasteiger partial charge is 0.481 e. The van der Waals surface area contributed by atoms with Crippen LogP contribution in [0.2, 0.25) is 0 Å². The third-order valence-electron chi connectivity index (χ3n) is 7.22. The van der Waals surface area contributed by atoms with Gasteiger partial charge in [0.25, 0.3) is 0 Å². The average molecular weight is 609 g/mol. The lowest BCUT2D eigenvalue weighted by atomic mass is 10.0. The number of para-hydroxylation sites is 1. The molecule has 1 heterocycles.